The maximum absolute atomic E-state index is 12.6. The van der Waals surface area contributed by atoms with E-state index >= 15 is 0 Å². The van der Waals surface area contributed by atoms with Gasteiger partial charge in [-0.2, -0.15) is 0 Å². The van der Waals surface area contributed by atoms with Crippen LogP contribution in [-0.4, -0.2) is 16.8 Å². The van der Waals surface area contributed by atoms with Gasteiger partial charge in [0.15, 0.2) is 5.13 Å². The molecular weight excluding hydrogens is 394 g/mol. The van der Waals surface area contributed by atoms with Crippen LogP contribution < -0.4 is 10.6 Å². The lowest BCUT2D eigenvalue weighted by Crippen LogP contribution is -2.29. The van der Waals surface area contributed by atoms with Gasteiger partial charge in [-0.3, -0.25) is 9.59 Å². The van der Waals surface area contributed by atoms with Crippen molar-refractivity contribution in [3.8, 4) is 11.3 Å². The van der Waals surface area contributed by atoms with Gasteiger partial charge in [0, 0.05) is 22.4 Å². The first-order valence-electron chi connectivity index (χ1n) is 8.77. The quantitative estimate of drug-likeness (QED) is 0.598. The third-order valence-electron chi connectivity index (χ3n) is 4.13. The molecule has 2 amide bonds. The number of halogens is 1. The molecule has 0 aliphatic rings. The molecule has 1 aromatic heterocycles. The minimum Gasteiger partial charge on any atom is -0.349 e. The molecule has 7 heteroatoms. The highest BCUT2D eigenvalue weighted by atomic mass is 35.5. The standard InChI is InChI=1S/C21H20ClN3O2S/c1-13-20(16-8-10-17(22)11-9-16)25-21(28-13)24-19(27)12-18(23-14(2)26)15-6-4-3-5-7-15/h3-11,18H,12H2,1-2H3,(H,23,26)(H,24,25,27)/t18-/m1/s1. The second-order valence-corrected chi connectivity index (χ2v) is 7.99. The molecule has 0 spiro atoms. The Kier molecular flexibility index (Phi) is 6.44. The van der Waals surface area contributed by atoms with Crippen LogP contribution >= 0.6 is 22.9 Å². The van der Waals surface area contributed by atoms with Crippen LogP contribution in [0.25, 0.3) is 11.3 Å². The van der Waals surface area contributed by atoms with E-state index in [9.17, 15) is 9.59 Å². The first-order chi connectivity index (χ1) is 13.4. The van der Waals surface area contributed by atoms with Crippen molar-refractivity contribution in [1.82, 2.24) is 10.3 Å². The molecule has 0 bridgehead atoms. The zero-order chi connectivity index (χ0) is 20.1. The highest BCUT2D eigenvalue weighted by Gasteiger charge is 2.18. The van der Waals surface area contributed by atoms with E-state index in [0.717, 1.165) is 21.7 Å². The van der Waals surface area contributed by atoms with Gasteiger partial charge in [-0.15, -0.1) is 11.3 Å². The Morgan fingerprint density at radius 3 is 2.43 bits per heavy atom. The van der Waals surface area contributed by atoms with E-state index in [0.29, 0.717) is 10.2 Å². The molecule has 0 radical (unpaired) electrons. The molecule has 0 fully saturated rings. The van der Waals surface area contributed by atoms with Gasteiger partial charge in [-0.1, -0.05) is 54.1 Å². The van der Waals surface area contributed by atoms with Gasteiger partial charge < -0.3 is 10.6 Å². The molecule has 0 saturated heterocycles. The molecule has 5 nitrogen and oxygen atoms in total. The molecule has 3 aromatic rings. The largest absolute Gasteiger partial charge is 0.349 e. The van der Waals surface area contributed by atoms with Gasteiger partial charge in [0.05, 0.1) is 18.2 Å². The molecule has 0 aliphatic heterocycles. The lowest BCUT2D eigenvalue weighted by Gasteiger charge is -2.17. The predicted molar refractivity (Wildman–Crippen MR) is 114 cm³/mol. The Bertz CT molecular complexity index is 971. The van der Waals surface area contributed by atoms with Crippen LogP contribution in [0.2, 0.25) is 5.02 Å². The Morgan fingerprint density at radius 1 is 1.11 bits per heavy atom. The molecular formula is C21H20ClN3O2S. The second kappa shape index (κ2) is 8.99. The number of nitrogens with one attached hydrogen (secondary N) is 2. The summed E-state index contributed by atoms with van der Waals surface area (Å²) in [4.78, 5) is 29.6. The van der Waals surface area contributed by atoms with Crippen LogP contribution in [0, 0.1) is 6.92 Å². The van der Waals surface area contributed by atoms with Crippen molar-refractivity contribution < 1.29 is 9.59 Å². The number of anilines is 1. The maximum atomic E-state index is 12.6. The van der Waals surface area contributed by atoms with E-state index < -0.39 is 6.04 Å². The van der Waals surface area contributed by atoms with E-state index in [4.69, 9.17) is 11.6 Å². The minimum atomic E-state index is -0.393. The number of benzene rings is 2. The van der Waals surface area contributed by atoms with E-state index in [1.807, 2.05) is 61.5 Å². The summed E-state index contributed by atoms with van der Waals surface area (Å²) in [5.41, 5.74) is 2.64. The lowest BCUT2D eigenvalue weighted by molar-refractivity contribution is -0.120. The maximum Gasteiger partial charge on any atom is 0.228 e. The Hall–Kier alpha value is -2.70. The number of nitrogens with zero attached hydrogens (tertiary/aromatic N) is 1. The molecule has 0 aliphatic carbocycles. The number of thiazole rings is 1. The zero-order valence-electron chi connectivity index (χ0n) is 15.5. The average Bonchev–Trinajstić information content (AvgIpc) is 3.02. The Morgan fingerprint density at radius 2 is 1.79 bits per heavy atom. The minimum absolute atomic E-state index is 0.124. The van der Waals surface area contributed by atoms with Gasteiger partial charge >= 0.3 is 0 Å². The third-order valence-corrected chi connectivity index (χ3v) is 5.27. The normalized spacial score (nSPS) is 11.7. The fraction of sp³-hybridized carbons (Fsp3) is 0.190. The summed E-state index contributed by atoms with van der Waals surface area (Å²) in [7, 11) is 0. The summed E-state index contributed by atoms with van der Waals surface area (Å²) < 4.78 is 0. The van der Waals surface area contributed by atoms with Crippen molar-refractivity contribution in [2.75, 3.05) is 5.32 Å². The van der Waals surface area contributed by atoms with Crippen LogP contribution in [0.15, 0.2) is 54.6 Å². The summed E-state index contributed by atoms with van der Waals surface area (Å²) in [6.07, 6.45) is 0.124. The van der Waals surface area contributed by atoms with Gasteiger partial charge in [-0.05, 0) is 24.6 Å². The fourth-order valence-electron chi connectivity index (χ4n) is 2.86. The monoisotopic (exact) mass is 413 g/mol. The third kappa shape index (κ3) is 5.18. The van der Waals surface area contributed by atoms with Gasteiger partial charge in [0.1, 0.15) is 0 Å². The van der Waals surface area contributed by atoms with Gasteiger partial charge in [0.2, 0.25) is 11.8 Å². The molecule has 2 aromatic carbocycles. The molecule has 0 unspecified atom stereocenters. The number of hydrogen-bond donors (Lipinski definition) is 2. The first kappa shape index (κ1) is 20.0. The van der Waals surface area contributed by atoms with E-state index in [1.165, 1.54) is 18.3 Å². The van der Waals surface area contributed by atoms with Crippen molar-refractivity contribution >= 4 is 39.9 Å². The number of hydrogen-bond acceptors (Lipinski definition) is 4. The number of aromatic nitrogens is 1. The summed E-state index contributed by atoms with van der Waals surface area (Å²) in [6, 6.07) is 16.5. The first-order valence-corrected chi connectivity index (χ1v) is 9.97. The van der Waals surface area contributed by atoms with Gasteiger partial charge in [-0.25, -0.2) is 4.98 Å². The number of carbonyl (C=O) groups is 2. The van der Waals surface area contributed by atoms with E-state index in [1.54, 1.807) is 0 Å². The highest BCUT2D eigenvalue weighted by molar-refractivity contribution is 7.16. The zero-order valence-corrected chi connectivity index (χ0v) is 17.1. The molecule has 144 valence electrons. The summed E-state index contributed by atoms with van der Waals surface area (Å²) in [6.45, 7) is 3.40. The molecule has 2 N–H and O–H groups in total. The van der Waals surface area contributed by atoms with Crippen molar-refractivity contribution in [2.24, 2.45) is 0 Å². The summed E-state index contributed by atoms with van der Waals surface area (Å²) in [5, 5.41) is 6.87. The van der Waals surface area contributed by atoms with Crippen molar-refractivity contribution in [2.45, 2.75) is 26.3 Å². The smallest absolute Gasteiger partial charge is 0.228 e. The van der Waals surface area contributed by atoms with Gasteiger partial charge in [0.25, 0.3) is 0 Å². The van der Waals surface area contributed by atoms with Crippen molar-refractivity contribution in [3.63, 3.8) is 0 Å². The molecule has 0 saturated carbocycles. The topological polar surface area (TPSA) is 71.1 Å². The fourth-order valence-corrected chi connectivity index (χ4v) is 3.84. The number of rotatable bonds is 6. The molecule has 3 rings (SSSR count). The second-order valence-electron chi connectivity index (χ2n) is 6.35. The summed E-state index contributed by atoms with van der Waals surface area (Å²) >= 11 is 7.36. The van der Waals surface area contributed by atoms with Crippen LogP contribution in [0.5, 0.6) is 0 Å². The lowest BCUT2D eigenvalue weighted by atomic mass is 10.0. The Labute approximate surface area is 172 Å². The highest BCUT2D eigenvalue weighted by Crippen LogP contribution is 2.31. The predicted octanol–water partition coefficient (Wildman–Crippen LogP) is 4.98. The molecule has 1 atom stereocenters. The SMILES string of the molecule is CC(=O)N[C@H](CC(=O)Nc1nc(-c2ccc(Cl)cc2)c(C)s1)c1ccccc1. The van der Waals surface area contributed by atoms with Crippen molar-refractivity contribution in [3.05, 3.63) is 70.1 Å². The number of amides is 2. The van der Waals surface area contributed by atoms with E-state index in [2.05, 4.69) is 15.6 Å². The summed E-state index contributed by atoms with van der Waals surface area (Å²) in [5.74, 6) is -0.393. The number of carbonyl (C=O) groups excluding carboxylic acids is 2. The van der Waals surface area contributed by atoms with Crippen LogP contribution in [0.1, 0.15) is 29.8 Å². The van der Waals surface area contributed by atoms with Crippen LogP contribution in [-0.2, 0) is 9.59 Å². The molecule has 28 heavy (non-hydrogen) atoms. The number of aryl methyl sites for hydroxylation is 1. The average molecular weight is 414 g/mol. The van der Waals surface area contributed by atoms with Crippen LogP contribution in [0.3, 0.4) is 0 Å². The van der Waals surface area contributed by atoms with Crippen molar-refractivity contribution in [1.29, 1.82) is 0 Å². The van der Waals surface area contributed by atoms with Crippen LogP contribution in [0.4, 0.5) is 5.13 Å². The molecule has 1 heterocycles. The Balaban J connectivity index is 1.72. The van der Waals surface area contributed by atoms with E-state index in [-0.39, 0.29) is 18.2 Å².